The molecule has 0 aromatic heterocycles. The van der Waals surface area contributed by atoms with Gasteiger partial charge in [-0.25, -0.2) is 4.39 Å². The molecule has 0 aliphatic carbocycles. The lowest BCUT2D eigenvalue weighted by Gasteiger charge is -2.10. The number of rotatable bonds is 6. The van der Waals surface area contributed by atoms with Crippen molar-refractivity contribution in [1.82, 2.24) is 10.6 Å². The summed E-state index contributed by atoms with van der Waals surface area (Å²) in [6, 6.07) is 12.6. The molecule has 2 rings (SSSR count). The molecule has 0 fully saturated rings. The van der Waals surface area contributed by atoms with Gasteiger partial charge in [0.25, 0.3) is 5.91 Å². The lowest BCUT2D eigenvalue weighted by atomic mass is 10.0. The molecule has 116 valence electrons. The van der Waals surface area contributed by atoms with Crippen LogP contribution in [0.3, 0.4) is 0 Å². The van der Waals surface area contributed by atoms with Crippen molar-refractivity contribution in [2.45, 2.75) is 19.9 Å². The lowest BCUT2D eigenvalue weighted by molar-refractivity contribution is 0.0950. The van der Waals surface area contributed by atoms with Crippen LogP contribution in [0.25, 0.3) is 0 Å². The van der Waals surface area contributed by atoms with Crippen LogP contribution in [0.2, 0.25) is 0 Å². The molecule has 0 spiro atoms. The van der Waals surface area contributed by atoms with Crippen LogP contribution in [0.4, 0.5) is 4.39 Å². The van der Waals surface area contributed by atoms with Gasteiger partial charge in [0.2, 0.25) is 0 Å². The summed E-state index contributed by atoms with van der Waals surface area (Å²) in [5.41, 5.74) is 3.03. The van der Waals surface area contributed by atoms with Crippen molar-refractivity contribution < 1.29 is 9.18 Å². The largest absolute Gasteiger partial charge is 0.348 e. The van der Waals surface area contributed by atoms with Crippen LogP contribution in [0, 0.1) is 12.7 Å². The maximum atomic E-state index is 13.5. The maximum absolute atomic E-state index is 13.5. The highest BCUT2D eigenvalue weighted by Gasteiger charge is 2.10. The summed E-state index contributed by atoms with van der Waals surface area (Å²) >= 11 is 0. The van der Waals surface area contributed by atoms with Gasteiger partial charge in [-0.1, -0.05) is 30.3 Å². The Morgan fingerprint density at radius 2 is 1.95 bits per heavy atom. The fraction of sp³-hybridized carbons (Fsp3) is 0.278. The standard InChI is InChI=1S/C18H21FN2O/c1-13-7-8-14(11-17(13)19)12-21-18(22)16-6-4-3-5-15(16)9-10-20-2/h3-8,11,20H,9-10,12H2,1-2H3,(H,21,22). The molecule has 0 heterocycles. The van der Waals surface area contributed by atoms with Crippen molar-refractivity contribution in [3.05, 3.63) is 70.5 Å². The topological polar surface area (TPSA) is 41.1 Å². The quantitative estimate of drug-likeness (QED) is 0.861. The summed E-state index contributed by atoms with van der Waals surface area (Å²) in [7, 11) is 1.88. The van der Waals surface area contributed by atoms with Crippen molar-refractivity contribution in [1.29, 1.82) is 0 Å². The molecule has 0 saturated heterocycles. The number of benzene rings is 2. The molecule has 2 N–H and O–H groups in total. The first-order chi connectivity index (χ1) is 10.6. The fourth-order valence-electron chi connectivity index (χ4n) is 2.24. The summed E-state index contributed by atoms with van der Waals surface area (Å²) in [5, 5.41) is 5.93. The first-order valence-corrected chi connectivity index (χ1v) is 7.37. The molecule has 0 unspecified atom stereocenters. The third kappa shape index (κ3) is 4.15. The minimum Gasteiger partial charge on any atom is -0.348 e. The van der Waals surface area contributed by atoms with Crippen LogP contribution >= 0.6 is 0 Å². The maximum Gasteiger partial charge on any atom is 0.251 e. The molecule has 0 aliphatic rings. The zero-order chi connectivity index (χ0) is 15.9. The van der Waals surface area contributed by atoms with Gasteiger partial charge in [-0.15, -0.1) is 0 Å². The third-order valence-corrected chi connectivity index (χ3v) is 3.60. The van der Waals surface area contributed by atoms with Gasteiger partial charge in [0.1, 0.15) is 5.82 Å². The van der Waals surface area contributed by atoms with Crippen LogP contribution in [-0.2, 0) is 13.0 Å². The van der Waals surface area contributed by atoms with E-state index in [4.69, 9.17) is 0 Å². The van der Waals surface area contributed by atoms with E-state index in [1.807, 2.05) is 37.4 Å². The Bertz CT molecular complexity index is 655. The Morgan fingerprint density at radius 1 is 1.18 bits per heavy atom. The predicted octanol–water partition coefficient (Wildman–Crippen LogP) is 2.83. The summed E-state index contributed by atoms with van der Waals surface area (Å²) in [4.78, 5) is 12.3. The lowest BCUT2D eigenvalue weighted by Crippen LogP contribution is -2.24. The van der Waals surface area contributed by atoms with Gasteiger partial charge in [0.15, 0.2) is 0 Å². The minimum atomic E-state index is -0.249. The van der Waals surface area contributed by atoms with E-state index in [0.717, 1.165) is 24.1 Å². The van der Waals surface area contributed by atoms with E-state index in [2.05, 4.69) is 10.6 Å². The first-order valence-electron chi connectivity index (χ1n) is 7.37. The molecule has 0 radical (unpaired) electrons. The van der Waals surface area contributed by atoms with E-state index in [1.54, 1.807) is 13.0 Å². The number of halogens is 1. The van der Waals surface area contributed by atoms with Crippen molar-refractivity contribution >= 4 is 5.91 Å². The summed E-state index contributed by atoms with van der Waals surface area (Å²) in [5.74, 6) is -0.381. The molecule has 0 aliphatic heterocycles. The molecule has 3 nitrogen and oxygen atoms in total. The molecule has 2 aromatic carbocycles. The van der Waals surface area contributed by atoms with E-state index >= 15 is 0 Å². The number of amides is 1. The first kappa shape index (κ1) is 16.2. The molecule has 0 bridgehead atoms. The highest BCUT2D eigenvalue weighted by molar-refractivity contribution is 5.95. The summed E-state index contributed by atoms with van der Waals surface area (Å²) < 4.78 is 13.5. The van der Waals surface area contributed by atoms with Crippen molar-refractivity contribution in [3.8, 4) is 0 Å². The van der Waals surface area contributed by atoms with E-state index in [-0.39, 0.29) is 11.7 Å². The van der Waals surface area contributed by atoms with Crippen LogP contribution in [0.5, 0.6) is 0 Å². The van der Waals surface area contributed by atoms with Crippen molar-refractivity contribution in [2.75, 3.05) is 13.6 Å². The Kier molecular flexibility index (Phi) is 5.67. The molecule has 0 atom stereocenters. The number of nitrogens with one attached hydrogen (secondary N) is 2. The molecular weight excluding hydrogens is 279 g/mol. The van der Waals surface area contributed by atoms with Crippen LogP contribution in [-0.4, -0.2) is 19.5 Å². The van der Waals surface area contributed by atoms with Gasteiger partial charge in [-0.3, -0.25) is 4.79 Å². The number of hydrogen-bond donors (Lipinski definition) is 2. The Hall–Kier alpha value is -2.20. The highest BCUT2D eigenvalue weighted by Crippen LogP contribution is 2.11. The zero-order valence-electron chi connectivity index (χ0n) is 12.9. The van der Waals surface area contributed by atoms with E-state index in [1.165, 1.54) is 6.07 Å². The van der Waals surface area contributed by atoms with Crippen LogP contribution in [0.15, 0.2) is 42.5 Å². The molecule has 22 heavy (non-hydrogen) atoms. The normalized spacial score (nSPS) is 10.5. The van der Waals surface area contributed by atoms with Gasteiger partial charge in [0, 0.05) is 12.1 Å². The van der Waals surface area contributed by atoms with E-state index in [0.29, 0.717) is 17.7 Å². The van der Waals surface area contributed by atoms with Gasteiger partial charge in [-0.05, 0) is 55.8 Å². The smallest absolute Gasteiger partial charge is 0.251 e. The van der Waals surface area contributed by atoms with Crippen molar-refractivity contribution in [3.63, 3.8) is 0 Å². The third-order valence-electron chi connectivity index (χ3n) is 3.60. The zero-order valence-corrected chi connectivity index (χ0v) is 12.9. The second kappa shape index (κ2) is 7.71. The molecular formula is C18H21FN2O. The second-order valence-electron chi connectivity index (χ2n) is 5.28. The van der Waals surface area contributed by atoms with E-state index in [9.17, 15) is 9.18 Å². The Labute approximate surface area is 130 Å². The van der Waals surface area contributed by atoms with Gasteiger partial charge in [0.05, 0.1) is 0 Å². The van der Waals surface area contributed by atoms with Crippen LogP contribution < -0.4 is 10.6 Å². The average Bonchev–Trinajstić information content (AvgIpc) is 2.54. The number of carbonyl (C=O) groups excluding carboxylic acids is 1. The molecule has 4 heteroatoms. The number of likely N-dealkylation sites (N-methyl/N-ethyl adjacent to an activating group) is 1. The van der Waals surface area contributed by atoms with Gasteiger partial charge in [-0.2, -0.15) is 0 Å². The number of carbonyl (C=O) groups is 1. The molecule has 0 saturated carbocycles. The molecule has 2 aromatic rings. The monoisotopic (exact) mass is 300 g/mol. The van der Waals surface area contributed by atoms with Crippen LogP contribution in [0.1, 0.15) is 27.0 Å². The Morgan fingerprint density at radius 3 is 2.68 bits per heavy atom. The minimum absolute atomic E-state index is 0.132. The Balaban J connectivity index is 2.04. The average molecular weight is 300 g/mol. The SMILES string of the molecule is CNCCc1ccccc1C(=O)NCc1ccc(C)c(F)c1. The van der Waals surface area contributed by atoms with Crippen molar-refractivity contribution in [2.24, 2.45) is 0 Å². The van der Waals surface area contributed by atoms with Gasteiger partial charge >= 0.3 is 0 Å². The fourth-order valence-corrected chi connectivity index (χ4v) is 2.24. The molecule has 1 amide bonds. The number of hydrogen-bond acceptors (Lipinski definition) is 2. The van der Waals surface area contributed by atoms with E-state index < -0.39 is 0 Å². The second-order valence-corrected chi connectivity index (χ2v) is 5.28. The summed E-state index contributed by atoms with van der Waals surface area (Å²) in [6.07, 6.45) is 0.791. The predicted molar refractivity (Wildman–Crippen MR) is 86.4 cm³/mol. The highest BCUT2D eigenvalue weighted by atomic mass is 19.1. The summed E-state index contributed by atoms with van der Waals surface area (Å²) in [6.45, 7) is 2.85. The van der Waals surface area contributed by atoms with Gasteiger partial charge < -0.3 is 10.6 Å². The number of aryl methyl sites for hydroxylation is 1.